The second-order valence-corrected chi connectivity index (χ2v) is 6.38. The van der Waals surface area contributed by atoms with Crippen molar-refractivity contribution in [3.63, 3.8) is 0 Å². The summed E-state index contributed by atoms with van der Waals surface area (Å²) in [7, 11) is 0. The Balaban J connectivity index is 1.62. The zero-order chi connectivity index (χ0) is 18.7. The van der Waals surface area contributed by atoms with E-state index < -0.39 is 0 Å². The van der Waals surface area contributed by atoms with Crippen LogP contribution < -0.4 is 0 Å². The van der Waals surface area contributed by atoms with E-state index in [1.165, 1.54) is 0 Å². The summed E-state index contributed by atoms with van der Waals surface area (Å²) >= 11 is 0. The van der Waals surface area contributed by atoms with E-state index in [0.29, 0.717) is 43.2 Å². The van der Waals surface area contributed by atoms with Gasteiger partial charge in [-0.25, -0.2) is 0 Å². The monoisotopic (exact) mass is 353 g/mol. The van der Waals surface area contributed by atoms with Crippen molar-refractivity contribution in [2.75, 3.05) is 26.2 Å². The Bertz CT molecular complexity index is 860. The first-order chi connectivity index (χ1) is 12.5. The van der Waals surface area contributed by atoms with Gasteiger partial charge >= 0.3 is 11.8 Å². The highest BCUT2D eigenvalue weighted by Crippen LogP contribution is 2.15. The molecule has 0 unspecified atom stereocenters. The highest BCUT2D eigenvalue weighted by molar-refractivity contribution is 5.95. The fourth-order valence-electron chi connectivity index (χ4n) is 2.71. The van der Waals surface area contributed by atoms with Crippen LogP contribution in [0.2, 0.25) is 0 Å². The lowest BCUT2D eigenvalue weighted by atomic mass is 10.1. The molecule has 26 heavy (non-hydrogen) atoms. The topological polar surface area (TPSA) is 103 Å². The number of carbonyl (C=O) groups excluding carboxylic acids is 2. The van der Waals surface area contributed by atoms with Crippen LogP contribution in [-0.4, -0.2) is 58.0 Å². The smallest absolute Gasteiger partial charge is 0.311 e. The van der Waals surface area contributed by atoms with Crippen LogP contribution in [0.3, 0.4) is 0 Å². The Morgan fingerprint density at radius 3 is 2.35 bits per heavy atom. The number of benzene rings is 1. The van der Waals surface area contributed by atoms with Crippen LogP contribution in [0.1, 0.15) is 52.3 Å². The zero-order valence-electron chi connectivity index (χ0n) is 14.7. The van der Waals surface area contributed by atoms with E-state index in [4.69, 9.17) is 9.68 Å². The molecular weight excluding hydrogens is 334 g/mol. The molecule has 0 bridgehead atoms. The fourth-order valence-corrected chi connectivity index (χ4v) is 2.71. The molecule has 1 aliphatic heterocycles. The van der Waals surface area contributed by atoms with Crippen molar-refractivity contribution < 1.29 is 14.0 Å². The molecule has 8 nitrogen and oxygen atoms in total. The summed E-state index contributed by atoms with van der Waals surface area (Å²) in [4.78, 5) is 28.3. The Kier molecular flexibility index (Phi) is 4.98. The van der Waals surface area contributed by atoms with Crippen molar-refractivity contribution in [3.8, 4) is 6.07 Å². The van der Waals surface area contributed by atoms with E-state index in [1.54, 1.807) is 34.1 Å². The Morgan fingerprint density at radius 2 is 1.77 bits per heavy atom. The maximum atomic E-state index is 12.6. The average Bonchev–Trinajstić information content (AvgIpc) is 3.17. The Morgan fingerprint density at radius 1 is 1.12 bits per heavy atom. The Hall–Kier alpha value is -3.21. The summed E-state index contributed by atoms with van der Waals surface area (Å²) in [6.45, 7) is 5.42. The molecule has 2 aromatic rings. The van der Waals surface area contributed by atoms with Gasteiger partial charge in [0.1, 0.15) is 0 Å². The van der Waals surface area contributed by atoms with Gasteiger partial charge in [-0.05, 0) is 18.2 Å². The summed E-state index contributed by atoms with van der Waals surface area (Å²) in [6, 6.07) is 8.63. The van der Waals surface area contributed by atoms with Gasteiger partial charge in [0.25, 0.3) is 5.91 Å². The second-order valence-electron chi connectivity index (χ2n) is 6.38. The molecule has 1 aromatic heterocycles. The molecule has 134 valence electrons. The molecule has 1 fully saturated rings. The number of aromatic nitrogens is 2. The first kappa shape index (κ1) is 17.6. The van der Waals surface area contributed by atoms with Gasteiger partial charge in [-0.3, -0.25) is 9.59 Å². The second kappa shape index (κ2) is 7.35. The van der Waals surface area contributed by atoms with E-state index >= 15 is 0 Å². The molecular formula is C18H19N5O3. The molecule has 0 atom stereocenters. The van der Waals surface area contributed by atoms with Gasteiger partial charge in [0.2, 0.25) is 5.89 Å². The molecule has 2 heterocycles. The van der Waals surface area contributed by atoms with E-state index in [0.717, 1.165) is 0 Å². The highest BCUT2D eigenvalue weighted by atomic mass is 16.4. The number of hydrogen-bond acceptors (Lipinski definition) is 6. The molecule has 1 saturated heterocycles. The van der Waals surface area contributed by atoms with Crippen LogP contribution in [0, 0.1) is 11.3 Å². The lowest BCUT2D eigenvalue weighted by Crippen LogP contribution is -2.50. The molecule has 0 spiro atoms. The average molecular weight is 353 g/mol. The first-order valence-electron chi connectivity index (χ1n) is 8.41. The van der Waals surface area contributed by atoms with Crippen molar-refractivity contribution in [3.05, 3.63) is 47.2 Å². The molecule has 0 N–H and O–H groups in total. The SMILES string of the molecule is CC(C)c1nnc(C(=O)N2CCN(C(=O)c3cccc(C#N)c3)CC2)o1. The van der Waals surface area contributed by atoms with Gasteiger partial charge in [0.05, 0.1) is 11.6 Å². The van der Waals surface area contributed by atoms with E-state index in [2.05, 4.69) is 10.2 Å². The predicted molar refractivity (Wildman–Crippen MR) is 91.4 cm³/mol. The standard InChI is InChI=1S/C18H19N5O3/c1-12(2)15-20-21-16(26-15)18(25)23-8-6-22(7-9-23)17(24)14-5-3-4-13(10-14)11-19/h3-5,10,12H,6-9H2,1-2H3. The van der Waals surface area contributed by atoms with E-state index in [-0.39, 0.29) is 23.6 Å². The van der Waals surface area contributed by atoms with Gasteiger partial charge in [-0.15, -0.1) is 10.2 Å². The fraction of sp³-hybridized carbons (Fsp3) is 0.389. The van der Waals surface area contributed by atoms with E-state index in [1.807, 2.05) is 19.9 Å². The molecule has 0 saturated carbocycles. The van der Waals surface area contributed by atoms with Crippen molar-refractivity contribution >= 4 is 11.8 Å². The van der Waals surface area contributed by atoms with E-state index in [9.17, 15) is 9.59 Å². The van der Waals surface area contributed by atoms with Gasteiger partial charge in [0.15, 0.2) is 0 Å². The maximum Gasteiger partial charge on any atom is 0.311 e. The number of amides is 2. The van der Waals surface area contributed by atoms with Crippen molar-refractivity contribution in [2.24, 2.45) is 0 Å². The number of rotatable bonds is 3. The highest BCUT2D eigenvalue weighted by Gasteiger charge is 2.28. The van der Waals surface area contributed by atoms with Crippen LogP contribution in [0.4, 0.5) is 0 Å². The summed E-state index contributed by atoms with van der Waals surface area (Å²) < 4.78 is 5.40. The summed E-state index contributed by atoms with van der Waals surface area (Å²) in [5.41, 5.74) is 0.921. The molecule has 3 rings (SSSR count). The van der Waals surface area contributed by atoms with Gasteiger partial charge in [-0.1, -0.05) is 19.9 Å². The van der Waals surface area contributed by atoms with Gasteiger partial charge in [0, 0.05) is 37.7 Å². The molecule has 1 aromatic carbocycles. The normalized spacial score (nSPS) is 14.4. The predicted octanol–water partition coefficient (Wildman–Crippen LogP) is 1.66. The van der Waals surface area contributed by atoms with Crippen LogP contribution in [0.15, 0.2) is 28.7 Å². The minimum Gasteiger partial charge on any atom is -0.417 e. The minimum atomic E-state index is -0.317. The Labute approximate surface area is 151 Å². The maximum absolute atomic E-state index is 12.6. The number of carbonyl (C=O) groups is 2. The van der Waals surface area contributed by atoms with Gasteiger partial charge in [-0.2, -0.15) is 5.26 Å². The number of nitriles is 1. The largest absolute Gasteiger partial charge is 0.417 e. The van der Waals surface area contributed by atoms with Crippen molar-refractivity contribution in [1.29, 1.82) is 5.26 Å². The zero-order valence-corrected chi connectivity index (χ0v) is 14.7. The summed E-state index contributed by atoms with van der Waals surface area (Å²) in [5, 5.41) is 16.6. The number of hydrogen-bond donors (Lipinski definition) is 0. The molecule has 0 aliphatic carbocycles. The third-order valence-electron chi connectivity index (χ3n) is 4.21. The lowest BCUT2D eigenvalue weighted by molar-refractivity contribution is 0.0512. The summed E-state index contributed by atoms with van der Waals surface area (Å²) in [6.07, 6.45) is 0. The quantitative estimate of drug-likeness (QED) is 0.831. The number of nitrogens with zero attached hydrogens (tertiary/aromatic N) is 5. The lowest BCUT2D eigenvalue weighted by Gasteiger charge is -2.34. The third-order valence-corrected chi connectivity index (χ3v) is 4.21. The van der Waals surface area contributed by atoms with Gasteiger partial charge < -0.3 is 14.2 Å². The molecule has 8 heteroatoms. The van der Waals surface area contributed by atoms with Crippen LogP contribution in [0.5, 0.6) is 0 Å². The first-order valence-corrected chi connectivity index (χ1v) is 8.41. The third kappa shape index (κ3) is 3.57. The summed E-state index contributed by atoms with van der Waals surface area (Å²) in [5.74, 6) is 0.00879. The van der Waals surface area contributed by atoms with Crippen molar-refractivity contribution in [2.45, 2.75) is 19.8 Å². The van der Waals surface area contributed by atoms with Crippen LogP contribution in [-0.2, 0) is 0 Å². The number of piperazine rings is 1. The molecule has 2 amide bonds. The van der Waals surface area contributed by atoms with Crippen molar-refractivity contribution in [1.82, 2.24) is 20.0 Å². The molecule has 0 radical (unpaired) electrons. The molecule has 1 aliphatic rings. The van der Waals surface area contributed by atoms with Crippen LogP contribution >= 0.6 is 0 Å². The minimum absolute atomic E-state index is 0.0183. The van der Waals surface area contributed by atoms with Crippen LogP contribution in [0.25, 0.3) is 0 Å².